The van der Waals surface area contributed by atoms with Crippen molar-refractivity contribution in [2.24, 2.45) is 0 Å². The number of rotatable bonds is 2. The molecule has 0 radical (unpaired) electrons. The minimum Gasteiger partial charge on any atom is -0.458 e. The van der Waals surface area contributed by atoms with Crippen LogP contribution in [-0.2, 0) is 0 Å². The van der Waals surface area contributed by atoms with Crippen LogP contribution in [0.2, 0.25) is 5.02 Å². The molecule has 0 saturated heterocycles. The van der Waals surface area contributed by atoms with Crippen molar-refractivity contribution in [1.82, 2.24) is 0 Å². The predicted octanol–water partition coefficient (Wildman–Crippen LogP) is 4.31. The van der Waals surface area contributed by atoms with E-state index in [0.29, 0.717) is 16.4 Å². The lowest BCUT2D eigenvalue weighted by molar-refractivity contribution is 0.187. The molecule has 0 amide bonds. The quantitative estimate of drug-likeness (QED) is 0.757. The summed E-state index contributed by atoms with van der Waals surface area (Å²) >= 11 is 5.89. The molecule has 3 rings (SSSR count). The fraction of sp³-hybridized carbons (Fsp3) is 0.0667. The fourth-order valence-corrected chi connectivity index (χ4v) is 2.20. The van der Waals surface area contributed by atoms with E-state index >= 15 is 0 Å². The highest BCUT2D eigenvalue weighted by molar-refractivity contribution is 6.31. The van der Waals surface area contributed by atoms with Crippen molar-refractivity contribution in [2.75, 3.05) is 0 Å². The average Bonchev–Trinajstić information content (AvgIpc) is 2.81. The molecule has 1 unspecified atom stereocenters. The lowest BCUT2D eigenvalue weighted by Crippen LogP contribution is -2.00. The van der Waals surface area contributed by atoms with E-state index in [2.05, 4.69) is 0 Å². The SMILES string of the molecule is OC(c1cc2cc(Cl)ccc2o1)c1ccccc1F. The molecule has 1 N–H and O–H groups in total. The summed E-state index contributed by atoms with van der Waals surface area (Å²) in [6, 6.07) is 12.9. The molecule has 1 heterocycles. The van der Waals surface area contributed by atoms with Gasteiger partial charge in [0.15, 0.2) is 0 Å². The molecule has 0 aliphatic carbocycles. The molecule has 4 heteroatoms. The van der Waals surface area contributed by atoms with E-state index in [9.17, 15) is 9.50 Å². The van der Waals surface area contributed by atoms with Crippen LogP contribution in [0.25, 0.3) is 11.0 Å². The summed E-state index contributed by atoms with van der Waals surface area (Å²) < 4.78 is 19.1. The average molecular weight is 277 g/mol. The third-order valence-electron chi connectivity index (χ3n) is 2.97. The van der Waals surface area contributed by atoms with Crippen LogP contribution >= 0.6 is 11.6 Å². The Morgan fingerprint density at radius 2 is 1.89 bits per heavy atom. The van der Waals surface area contributed by atoms with Crippen LogP contribution in [0.3, 0.4) is 0 Å². The molecule has 0 aliphatic rings. The first-order valence-corrected chi connectivity index (χ1v) is 6.14. The molecule has 0 bridgehead atoms. The Morgan fingerprint density at radius 3 is 2.68 bits per heavy atom. The van der Waals surface area contributed by atoms with Gasteiger partial charge in [0.2, 0.25) is 0 Å². The third-order valence-corrected chi connectivity index (χ3v) is 3.20. The van der Waals surface area contributed by atoms with Crippen LogP contribution in [-0.4, -0.2) is 5.11 Å². The first kappa shape index (κ1) is 12.2. The van der Waals surface area contributed by atoms with Crippen molar-refractivity contribution >= 4 is 22.6 Å². The molecule has 2 nitrogen and oxygen atoms in total. The molecule has 2 aromatic carbocycles. The zero-order valence-corrected chi connectivity index (χ0v) is 10.6. The van der Waals surface area contributed by atoms with Crippen LogP contribution in [0.15, 0.2) is 52.9 Å². The molecule has 96 valence electrons. The molecule has 1 aromatic heterocycles. The van der Waals surface area contributed by atoms with Crippen molar-refractivity contribution in [3.05, 3.63) is 70.7 Å². The summed E-state index contributed by atoms with van der Waals surface area (Å²) in [5, 5.41) is 11.5. The maximum atomic E-state index is 13.6. The maximum Gasteiger partial charge on any atom is 0.139 e. The molecule has 0 spiro atoms. The second-order valence-corrected chi connectivity index (χ2v) is 4.69. The molecular formula is C15H10ClFO2. The van der Waals surface area contributed by atoms with Gasteiger partial charge in [-0.15, -0.1) is 0 Å². The van der Waals surface area contributed by atoms with Crippen LogP contribution in [0.1, 0.15) is 17.4 Å². The van der Waals surface area contributed by atoms with Gasteiger partial charge in [-0.25, -0.2) is 4.39 Å². The van der Waals surface area contributed by atoms with E-state index in [1.165, 1.54) is 12.1 Å². The highest BCUT2D eigenvalue weighted by Crippen LogP contribution is 2.30. The number of benzene rings is 2. The molecular weight excluding hydrogens is 267 g/mol. The summed E-state index contributed by atoms with van der Waals surface area (Å²) in [6.45, 7) is 0. The van der Waals surface area contributed by atoms with Crippen LogP contribution < -0.4 is 0 Å². The topological polar surface area (TPSA) is 33.4 Å². The van der Waals surface area contributed by atoms with Gasteiger partial charge in [0.05, 0.1) is 0 Å². The second kappa shape index (κ2) is 4.68. The second-order valence-electron chi connectivity index (χ2n) is 4.25. The third kappa shape index (κ3) is 2.23. The van der Waals surface area contributed by atoms with E-state index in [1.807, 2.05) is 0 Å². The van der Waals surface area contributed by atoms with Crippen LogP contribution in [0.4, 0.5) is 4.39 Å². The van der Waals surface area contributed by atoms with Gasteiger partial charge in [-0.1, -0.05) is 29.8 Å². The van der Waals surface area contributed by atoms with E-state index in [1.54, 1.807) is 36.4 Å². The zero-order chi connectivity index (χ0) is 13.4. The van der Waals surface area contributed by atoms with Crippen molar-refractivity contribution < 1.29 is 13.9 Å². The highest BCUT2D eigenvalue weighted by Gasteiger charge is 2.18. The van der Waals surface area contributed by atoms with Gasteiger partial charge in [0, 0.05) is 16.0 Å². The number of hydrogen-bond donors (Lipinski definition) is 1. The van der Waals surface area contributed by atoms with Crippen LogP contribution in [0, 0.1) is 5.82 Å². The molecule has 0 aliphatic heterocycles. The fourth-order valence-electron chi connectivity index (χ4n) is 2.02. The summed E-state index contributed by atoms with van der Waals surface area (Å²) in [6.07, 6.45) is -1.13. The Kier molecular flexibility index (Phi) is 3.01. The van der Waals surface area contributed by atoms with Crippen molar-refractivity contribution in [1.29, 1.82) is 0 Å². The summed E-state index contributed by atoms with van der Waals surface area (Å²) in [5.74, 6) is -0.171. The Morgan fingerprint density at radius 1 is 1.11 bits per heavy atom. The summed E-state index contributed by atoms with van der Waals surface area (Å²) in [7, 11) is 0. The lowest BCUT2D eigenvalue weighted by Gasteiger charge is -2.08. The Bertz CT molecular complexity index is 736. The van der Waals surface area contributed by atoms with Gasteiger partial charge in [0.1, 0.15) is 23.3 Å². The van der Waals surface area contributed by atoms with Gasteiger partial charge >= 0.3 is 0 Å². The molecule has 3 aromatic rings. The van der Waals surface area contributed by atoms with E-state index in [4.69, 9.17) is 16.0 Å². The van der Waals surface area contributed by atoms with Gasteiger partial charge in [0.25, 0.3) is 0 Å². The van der Waals surface area contributed by atoms with E-state index < -0.39 is 11.9 Å². The van der Waals surface area contributed by atoms with Gasteiger partial charge in [-0.3, -0.25) is 0 Å². The molecule has 0 fully saturated rings. The van der Waals surface area contributed by atoms with Crippen molar-refractivity contribution in [3.63, 3.8) is 0 Å². The Hall–Kier alpha value is -1.84. The smallest absolute Gasteiger partial charge is 0.139 e. The Labute approximate surface area is 114 Å². The van der Waals surface area contributed by atoms with Gasteiger partial charge in [-0.2, -0.15) is 0 Å². The van der Waals surface area contributed by atoms with E-state index in [0.717, 1.165) is 5.39 Å². The van der Waals surface area contributed by atoms with Crippen LogP contribution in [0.5, 0.6) is 0 Å². The number of fused-ring (bicyclic) bond motifs is 1. The number of aliphatic hydroxyl groups excluding tert-OH is 1. The summed E-state index contributed by atoms with van der Waals surface area (Å²) in [5.41, 5.74) is 0.794. The highest BCUT2D eigenvalue weighted by atomic mass is 35.5. The standard InChI is InChI=1S/C15H10ClFO2/c16-10-5-6-13-9(7-10)8-14(19-13)15(18)11-3-1-2-4-12(11)17/h1-8,15,18H. The van der Waals surface area contributed by atoms with Gasteiger partial charge in [-0.05, 0) is 30.3 Å². The minimum absolute atomic E-state index is 0.188. The first-order chi connectivity index (χ1) is 9.15. The Balaban J connectivity index is 2.07. The number of halogens is 2. The number of furan rings is 1. The molecule has 19 heavy (non-hydrogen) atoms. The number of hydrogen-bond acceptors (Lipinski definition) is 2. The monoisotopic (exact) mass is 276 g/mol. The number of aliphatic hydroxyl groups is 1. The summed E-state index contributed by atoms with van der Waals surface area (Å²) in [4.78, 5) is 0. The molecule has 1 atom stereocenters. The van der Waals surface area contributed by atoms with Crippen molar-refractivity contribution in [2.45, 2.75) is 6.10 Å². The maximum absolute atomic E-state index is 13.6. The normalized spacial score (nSPS) is 12.8. The first-order valence-electron chi connectivity index (χ1n) is 5.76. The van der Waals surface area contributed by atoms with Crippen molar-refractivity contribution in [3.8, 4) is 0 Å². The van der Waals surface area contributed by atoms with E-state index in [-0.39, 0.29) is 5.56 Å². The van der Waals surface area contributed by atoms with Gasteiger partial charge < -0.3 is 9.52 Å². The lowest BCUT2D eigenvalue weighted by atomic mass is 10.1. The predicted molar refractivity (Wildman–Crippen MR) is 71.7 cm³/mol. The molecule has 0 saturated carbocycles. The minimum atomic E-state index is -1.13. The zero-order valence-electron chi connectivity index (χ0n) is 9.81. The largest absolute Gasteiger partial charge is 0.458 e.